The van der Waals surface area contributed by atoms with Crippen molar-refractivity contribution in [1.82, 2.24) is 10.6 Å². The van der Waals surface area contributed by atoms with Crippen molar-refractivity contribution in [2.24, 2.45) is 5.92 Å². The third kappa shape index (κ3) is 3.87. The summed E-state index contributed by atoms with van der Waals surface area (Å²) in [5, 5.41) is 7.03. The maximum Gasteiger partial charge on any atom is 0.165 e. The minimum absolute atomic E-state index is 0. The number of hydrogen-bond acceptors (Lipinski definition) is 3. The lowest BCUT2D eigenvalue weighted by molar-refractivity contribution is 0.354. The van der Waals surface area contributed by atoms with E-state index < -0.39 is 0 Å². The van der Waals surface area contributed by atoms with Gasteiger partial charge in [0, 0.05) is 17.5 Å². The highest BCUT2D eigenvalue weighted by molar-refractivity contribution is 5.85. The van der Waals surface area contributed by atoms with Crippen molar-refractivity contribution in [2.75, 3.05) is 26.7 Å². The van der Waals surface area contributed by atoms with Crippen molar-refractivity contribution < 1.29 is 9.13 Å². The van der Waals surface area contributed by atoms with E-state index in [1.54, 1.807) is 13.2 Å². The van der Waals surface area contributed by atoms with Gasteiger partial charge in [0.05, 0.1) is 7.11 Å². The quantitative estimate of drug-likeness (QED) is 0.877. The molecule has 1 saturated carbocycles. The monoisotopic (exact) mass is 314 g/mol. The molecule has 118 valence electrons. The molecule has 1 saturated heterocycles. The van der Waals surface area contributed by atoms with E-state index in [-0.39, 0.29) is 18.2 Å². The Morgan fingerprint density at radius 1 is 1.33 bits per heavy atom. The summed E-state index contributed by atoms with van der Waals surface area (Å²) in [5.41, 5.74) is 1.01. The summed E-state index contributed by atoms with van der Waals surface area (Å²) >= 11 is 0. The summed E-state index contributed by atoms with van der Waals surface area (Å²) in [5.74, 6) is 1.35. The smallest absolute Gasteiger partial charge is 0.165 e. The van der Waals surface area contributed by atoms with Crippen LogP contribution in [0.1, 0.15) is 30.7 Å². The van der Waals surface area contributed by atoms with E-state index in [0.717, 1.165) is 37.5 Å². The first-order valence-electron chi connectivity index (χ1n) is 7.56. The van der Waals surface area contributed by atoms with Crippen LogP contribution in [0.4, 0.5) is 4.39 Å². The van der Waals surface area contributed by atoms with E-state index in [1.807, 2.05) is 6.07 Å². The van der Waals surface area contributed by atoms with Crippen molar-refractivity contribution in [2.45, 2.75) is 31.2 Å². The van der Waals surface area contributed by atoms with Crippen LogP contribution in [0.3, 0.4) is 0 Å². The van der Waals surface area contributed by atoms with E-state index in [1.165, 1.54) is 18.9 Å². The van der Waals surface area contributed by atoms with Gasteiger partial charge in [-0.3, -0.25) is 0 Å². The lowest BCUT2D eigenvalue weighted by Crippen LogP contribution is -2.34. The number of hydrogen-bond donors (Lipinski definition) is 2. The Labute approximate surface area is 132 Å². The van der Waals surface area contributed by atoms with E-state index in [9.17, 15) is 4.39 Å². The number of nitrogens with one attached hydrogen (secondary N) is 2. The summed E-state index contributed by atoms with van der Waals surface area (Å²) in [6.07, 6.45) is 3.60. The van der Waals surface area contributed by atoms with Crippen molar-refractivity contribution >= 4 is 12.4 Å². The van der Waals surface area contributed by atoms with Crippen molar-refractivity contribution in [3.05, 3.63) is 29.6 Å². The zero-order chi connectivity index (χ0) is 13.9. The van der Waals surface area contributed by atoms with Crippen LogP contribution in [0, 0.1) is 11.7 Å². The summed E-state index contributed by atoms with van der Waals surface area (Å²) in [6.45, 7) is 3.36. The minimum Gasteiger partial charge on any atom is -0.493 e. The molecule has 2 aliphatic rings. The van der Waals surface area contributed by atoms with Gasteiger partial charge in [-0.25, -0.2) is 4.39 Å². The van der Waals surface area contributed by atoms with Gasteiger partial charge in [0.1, 0.15) is 0 Å². The van der Waals surface area contributed by atoms with E-state index in [0.29, 0.717) is 17.7 Å². The molecule has 1 aliphatic carbocycles. The van der Waals surface area contributed by atoms with Crippen LogP contribution in [0.2, 0.25) is 0 Å². The third-order valence-corrected chi connectivity index (χ3v) is 4.52. The molecule has 21 heavy (non-hydrogen) atoms. The second-order valence-corrected chi connectivity index (χ2v) is 5.91. The lowest BCUT2D eigenvalue weighted by atomic mass is 9.98. The Bertz CT molecular complexity index is 466. The Morgan fingerprint density at radius 2 is 2.10 bits per heavy atom. The van der Waals surface area contributed by atoms with Gasteiger partial charge in [-0.05, 0) is 50.9 Å². The highest BCUT2D eigenvalue weighted by Crippen LogP contribution is 2.45. The van der Waals surface area contributed by atoms with Crippen molar-refractivity contribution in [3.8, 4) is 5.75 Å². The Hall–Kier alpha value is -0.840. The Balaban J connectivity index is 0.00000161. The standard InChI is InChI=1S/C16H23FN2O.ClH/c1-20-16-12(3-2-4-14(16)17)13-9-15(13)19-10-11-5-7-18-8-6-11;/h2-4,11,13,15,18-19H,5-10H2,1H3;1H/t13-,15+;/m0./s1. The molecule has 3 nitrogen and oxygen atoms in total. The minimum atomic E-state index is -0.256. The fraction of sp³-hybridized carbons (Fsp3) is 0.625. The Kier molecular flexibility index (Phi) is 5.85. The van der Waals surface area contributed by atoms with Crippen LogP contribution in [-0.2, 0) is 0 Å². The predicted molar refractivity (Wildman–Crippen MR) is 84.9 cm³/mol. The molecule has 0 bridgehead atoms. The molecular weight excluding hydrogens is 291 g/mol. The number of rotatable bonds is 5. The maximum absolute atomic E-state index is 13.7. The molecule has 0 spiro atoms. The average molecular weight is 315 g/mol. The second-order valence-electron chi connectivity index (χ2n) is 5.91. The van der Waals surface area contributed by atoms with Gasteiger partial charge in [0.25, 0.3) is 0 Å². The van der Waals surface area contributed by atoms with Crippen molar-refractivity contribution in [1.29, 1.82) is 0 Å². The van der Waals surface area contributed by atoms with Gasteiger partial charge in [-0.1, -0.05) is 12.1 Å². The van der Waals surface area contributed by atoms with Crippen LogP contribution in [0.25, 0.3) is 0 Å². The zero-order valence-electron chi connectivity index (χ0n) is 12.4. The first-order chi connectivity index (χ1) is 9.79. The molecule has 5 heteroatoms. The Morgan fingerprint density at radius 3 is 2.81 bits per heavy atom. The molecule has 0 amide bonds. The molecular formula is C16H24ClFN2O. The normalized spacial score (nSPS) is 25.2. The molecule has 2 N–H and O–H groups in total. The first-order valence-corrected chi connectivity index (χ1v) is 7.56. The molecule has 3 rings (SSSR count). The van der Waals surface area contributed by atoms with Crippen LogP contribution < -0.4 is 15.4 Å². The highest BCUT2D eigenvalue weighted by Gasteiger charge is 2.40. The highest BCUT2D eigenvalue weighted by atomic mass is 35.5. The van der Waals surface area contributed by atoms with E-state index in [2.05, 4.69) is 10.6 Å². The largest absolute Gasteiger partial charge is 0.493 e. The molecule has 0 aromatic heterocycles. The number of para-hydroxylation sites is 1. The van der Waals surface area contributed by atoms with Gasteiger partial charge in [0.15, 0.2) is 11.6 Å². The van der Waals surface area contributed by atoms with Gasteiger partial charge in [0.2, 0.25) is 0 Å². The fourth-order valence-corrected chi connectivity index (χ4v) is 3.20. The topological polar surface area (TPSA) is 33.3 Å². The number of benzene rings is 1. The lowest BCUT2D eigenvalue weighted by Gasteiger charge is -2.23. The fourth-order valence-electron chi connectivity index (χ4n) is 3.20. The van der Waals surface area contributed by atoms with Crippen LogP contribution in [-0.4, -0.2) is 32.8 Å². The number of ether oxygens (including phenoxy) is 1. The van der Waals surface area contributed by atoms with Gasteiger partial charge in [-0.15, -0.1) is 12.4 Å². The first kappa shape index (κ1) is 16.5. The molecule has 1 aromatic carbocycles. The SMILES string of the molecule is COc1c(F)cccc1[C@@H]1C[C@H]1NCC1CCNCC1.Cl. The van der Waals surface area contributed by atoms with Crippen LogP contribution in [0.15, 0.2) is 18.2 Å². The summed E-state index contributed by atoms with van der Waals surface area (Å²) < 4.78 is 18.9. The van der Waals surface area contributed by atoms with Crippen LogP contribution >= 0.6 is 12.4 Å². The molecule has 2 fully saturated rings. The second kappa shape index (κ2) is 7.43. The van der Waals surface area contributed by atoms with Gasteiger partial charge in [-0.2, -0.15) is 0 Å². The zero-order valence-corrected chi connectivity index (χ0v) is 13.2. The molecule has 0 radical (unpaired) electrons. The average Bonchev–Trinajstić information content (AvgIpc) is 3.25. The predicted octanol–water partition coefficient (Wildman–Crippen LogP) is 2.70. The molecule has 1 aromatic rings. The summed E-state index contributed by atoms with van der Waals surface area (Å²) in [6, 6.07) is 5.71. The van der Waals surface area contributed by atoms with E-state index >= 15 is 0 Å². The molecule has 0 unspecified atom stereocenters. The molecule has 1 heterocycles. The maximum atomic E-state index is 13.7. The number of piperidine rings is 1. The van der Waals surface area contributed by atoms with E-state index in [4.69, 9.17) is 4.74 Å². The van der Waals surface area contributed by atoms with Crippen molar-refractivity contribution in [3.63, 3.8) is 0 Å². The third-order valence-electron chi connectivity index (χ3n) is 4.52. The summed E-state index contributed by atoms with van der Waals surface area (Å²) in [4.78, 5) is 0. The van der Waals surface area contributed by atoms with Crippen LogP contribution in [0.5, 0.6) is 5.75 Å². The van der Waals surface area contributed by atoms with Gasteiger partial charge < -0.3 is 15.4 Å². The van der Waals surface area contributed by atoms with Gasteiger partial charge >= 0.3 is 0 Å². The summed E-state index contributed by atoms with van der Waals surface area (Å²) in [7, 11) is 1.54. The molecule has 2 atom stereocenters. The number of methoxy groups -OCH3 is 1. The number of halogens is 2. The molecule has 1 aliphatic heterocycles.